The van der Waals surface area contributed by atoms with Crippen LogP contribution < -0.4 is 5.73 Å². The van der Waals surface area contributed by atoms with E-state index in [1.807, 2.05) is 0 Å². The molecule has 2 nitrogen and oxygen atoms in total. The van der Waals surface area contributed by atoms with E-state index in [1.165, 1.54) is 25.9 Å². The Bertz CT molecular complexity index is 135. The highest BCUT2D eigenvalue weighted by Gasteiger charge is 2.29. The fourth-order valence-electron chi connectivity index (χ4n) is 1.78. The van der Waals surface area contributed by atoms with Gasteiger partial charge in [-0.3, -0.25) is 0 Å². The molecular formula is C10H22N2. The molecule has 0 bridgehead atoms. The Morgan fingerprint density at radius 2 is 1.83 bits per heavy atom. The maximum atomic E-state index is 5.74. The van der Waals surface area contributed by atoms with Crippen LogP contribution in [-0.4, -0.2) is 30.6 Å². The average Bonchev–Trinajstić information content (AvgIpc) is 2.05. The van der Waals surface area contributed by atoms with E-state index < -0.39 is 0 Å². The molecule has 12 heavy (non-hydrogen) atoms. The molecule has 72 valence electrons. The van der Waals surface area contributed by atoms with E-state index in [0.29, 0.717) is 11.5 Å². The predicted octanol–water partition coefficient (Wildman–Crippen LogP) is 1.46. The second-order valence-electron chi connectivity index (χ2n) is 4.64. The molecular weight excluding hydrogens is 148 g/mol. The number of likely N-dealkylation sites (tertiary alicyclic amines) is 1. The fourth-order valence-corrected chi connectivity index (χ4v) is 1.78. The van der Waals surface area contributed by atoms with Gasteiger partial charge in [-0.1, -0.05) is 6.92 Å². The third-order valence-electron chi connectivity index (χ3n) is 3.23. The highest BCUT2D eigenvalue weighted by molar-refractivity contribution is 4.83. The molecule has 0 aliphatic carbocycles. The van der Waals surface area contributed by atoms with Gasteiger partial charge in [-0.25, -0.2) is 0 Å². The van der Waals surface area contributed by atoms with Crippen LogP contribution in [0.3, 0.4) is 0 Å². The van der Waals surface area contributed by atoms with Crippen molar-refractivity contribution in [3.05, 3.63) is 0 Å². The highest BCUT2D eigenvalue weighted by Crippen LogP contribution is 2.29. The second-order valence-corrected chi connectivity index (χ2v) is 4.64. The van der Waals surface area contributed by atoms with E-state index in [-0.39, 0.29) is 0 Å². The zero-order chi connectivity index (χ0) is 9.19. The minimum absolute atomic E-state index is 0.422. The van der Waals surface area contributed by atoms with E-state index in [1.54, 1.807) is 0 Å². The molecule has 0 aromatic heterocycles. The lowest BCUT2D eigenvalue weighted by Gasteiger charge is -2.40. The molecule has 1 aliphatic heterocycles. The second kappa shape index (κ2) is 3.75. The van der Waals surface area contributed by atoms with Crippen molar-refractivity contribution in [3.8, 4) is 0 Å². The Kier molecular flexibility index (Phi) is 3.13. The molecule has 1 heterocycles. The topological polar surface area (TPSA) is 29.3 Å². The highest BCUT2D eigenvalue weighted by atomic mass is 15.2. The van der Waals surface area contributed by atoms with Crippen molar-refractivity contribution in [1.82, 2.24) is 4.90 Å². The monoisotopic (exact) mass is 170 g/mol. The van der Waals surface area contributed by atoms with Crippen LogP contribution in [0.2, 0.25) is 0 Å². The summed E-state index contributed by atoms with van der Waals surface area (Å²) in [7, 11) is 0. The van der Waals surface area contributed by atoms with Crippen molar-refractivity contribution in [2.75, 3.05) is 19.6 Å². The summed E-state index contributed by atoms with van der Waals surface area (Å²) in [6.45, 7) is 10.1. The molecule has 0 spiro atoms. The fraction of sp³-hybridized carbons (Fsp3) is 1.00. The first-order valence-electron chi connectivity index (χ1n) is 5.01. The lowest BCUT2D eigenvalue weighted by atomic mass is 9.80. The van der Waals surface area contributed by atoms with Crippen molar-refractivity contribution in [1.29, 1.82) is 0 Å². The summed E-state index contributed by atoms with van der Waals surface area (Å²) < 4.78 is 0. The third kappa shape index (κ3) is 2.20. The first-order chi connectivity index (χ1) is 5.57. The summed E-state index contributed by atoms with van der Waals surface area (Å²) in [6, 6.07) is 0.701. The maximum absolute atomic E-state index is 5.74. The van der Waals surface area contributed by atoms with Crippen LogP contribution >= 0.6 is 0 Å². The molecule has 0 atom stereocenters. The molecule has 2 heteroatoms. The lowest BCUT2D eigenvalue weighted by molar-refractivity contribution is 0.100. The third-order valence-corrected chi connectivity index (χ3v) is 3.23. The van der Waals surface area contributed by atoms with Crippen LogP contribution in [0.4, 0.5) is 0 Å². The van der Waals surface area contributed by atoms with Gasteiger partial charge in [-0.2, -0.15) is 0 Å². The quantitative estimate of drug-likeness (QED) is 0.680. The van der Waals surface area contributed by atoms with Gasteiger partial charge in [0.2, 0.25) is 0 Å². The molecule has 1 rings (SSSR count). The maximum Gasteiger partial charge on any atom is 0.00385 e. The van der Waals surface area contributed by atoms with E-state index in [2.05, 4.69) is 25.7 Å². The molecule has 0 unspecified atom stereocenters. The predicted molar refractivity (Wildman–Crippen MR) is 53.1 cm³/mol. The minimum Gasteiger partial charge on any atom is -0.330 e. The van der Waals surface area contributed by atoms with E-state index in [0.717, 1.165) is 6.54 Å². The van der Waals surface area contributed by atoms with Crippen molar-refractivity contribution in [3.63, 3.8) is 0 Å². The molecule has 1 saturated heterocycles. The SMILES string of the molecule is CC(C)N1CCC(C)(CN)CC1. The normalized spacial score (nSPS) is 24.8. The molecule has 0 radical (unpaired) electrons. The van der Waals surface area contributed by atoms with Crippen LogP contribution in [-0.2, 0) is 0 Å². The van der Waals surface area contributed by atoms with Crippen LogP contribution in [0.5, 0.6) is 0 Å². The van der Waals surface area contributed by atoms with Crippen molar-refractivity contribution in [2.24, 2.45) is 11.1 Å². The molecule has 0 aromatic rings. The number of hydrogen-bond donors (Lipinski definition) is 1. The summed E-state index contributed by atoms with van der Waals surface area (Å²) >= 11 is 0. The average molecular weight is 170 g/mol. The first kappa shape index (κ1) is 10.0. The Balaban J connectivity index is 2.39. The van der Waals surface area contributed by atoms with Gasteiger partial charge in [0, 0.05) is 6.04 Å². The summed E-state index contributed by atoms with van der Waals surface area (Å²) in [5.74, 6) is 0. The van der Waals surface area contributed by atoms with Crippen LogP contribution in [0.1, 0.15) is 33.6 Å². The van der Waals surface area contributed by atoms with E-state index in [4.69, 9.17) is 5.73 Å². The summed E-state index contributed by atoms with van der Waals surface area (Å²) in [4.78, 5) is 2.54. The molecule has 0 aromatic carbocycles. The van der Waals surface area contributed by atoms with Gasteiger partial charge in [0.25, 0.3) is 0 Å². The summed E-state index contributed by atoms with van der Waals surface area (Å²) in [5, 5.41) is 0. The first-order valence-corrected chi connectivity index (χ1v) is 5.01. The zero-order valence-corrected chi connectivity index (χ0v) is 8.64. The van der Waals surface area contributed by atoms with Gasteiger partial charge in [-0.05, 0) is 51.7 Å². The standard InChI is InChI=1S/C10H22N2/c1-9(2)12-6-4-10(3,8-11)5-7-12/h9H,4-8,11H2,1-3H3. The van der Waals surface area contributed by atoms with E-state index in [9.17, 15) is 0 Å². The van der Waals surface area contributed by atoms with Gasteiger partial charge in [0.05, 0.1) is 0 Å². The Labute approximate surface area is 76.1 Å². The largest absolute Gasteiger partial charge is 0.330 e. The Morgan fingerprint density at radius 1 is 1.33 bits per heavy atom. The Morgan fingerprint density at radius 3 is 2.17 bits per heavy atom. The van der Waals surface area contributed by atoms with Gasteiger partial charge in [0.1, 0.15) is 0 Å². The molecule has 2 N–H and O–H groups in total. The van der Waals surface area contributed by atoms with Gasteiger partial charge in [-0.15, -0.1) is 0 Å². The number of nitrogens with zero attached hydrogens (tertiary/aromatic N) is 1. The number of rotatable bonds is 2. The van der Waals surface area contributed by atoms with E-state index >= 15 is 0 Å². The summed E-state index contributed by atoms with van der Waals surface area (Å²) in [5.41, 5.74) is 6.16. The van der Waals surface area contributed by atoms with Gasteiger partial charge >= 0.3 is 0 Å². The number of hydrogen-bond acceptors (Lipinski definition) is 2. The zero-order valence-electron chi connectivity index (χ0n) is 8.64. The molecule has 0 amide bonds. The molecule has 0 saturated carbocycles. The van der Waals surface area contributed by atoms with Crippen LogP contribution in [0.25, 0.3) is 0 Å². The van der Waals surface area contributed by atoms with Crippen molar-refractivity contribution in [2.45, 2.75) is 39.7 Å². The van der Waals surface area contributed by atoms with Gasteiger partial charge < -0.3 is 10.6 Å². The number of nitrogens with two attached hydrogens (primary N) is 1. The summed E-state index contributed by atoms with van der Waals surface area (Å²) in [6.07, 6.45) is 2.53. The molecule has 1 aliphatic rings. The Hall–Kier alpha value is -0.0800. The molecule has 1 fully saturated rings. The van der Waals surface area contributed by atoms with Crippen LogP contribution in [0, 0.1) is 5.41 Å². The van der Waals surface area contributed by atoms with Gasteiger partial charge in [0.15, 0.2) is 0 Å². The lowest BCUT2D eigenvalue weighted by Crippen LogP contribution is -2.44. The smallest absolute Gasteiger partial charge is 0.00385 e. The number of piperidine rings is 1. The van der Waals surface area contributed by atoms with Crippen molar-refractivity contribution >= 4 is 0 Å². The minimum atomic E-state index is 0.422. The van der Waals surface area contributed by atoms with Crippen molar-refractivity contribution < 1.29 is 0 Å². The van der Waals surface area contributed by atoms with Crippen LogP contribution in [0.15, 0.2) is 0 Å².